The van der Waals surface area contributed by atoms with Gasteiger partial charge in [-0.05, 0) is 24.3 Å². The fourth-order valence-electron chi connectivity index (χ4n) is 1.72. The van der Waals surface area contributed by atoms with Crippen molar-refractivity contribution in [3.8, 4) is 5.75 Å². The monoisotopic (exact) mass is 342 g/mol. The molecule has 10 heteroatoms. The van der Waals surface area contributed by atoms with Crippen molar-refractivity contribution in [2.24, 2.45) is 16.5 Å². The Morgan fingerprint density at radius 1 is 1.21 bits per heavy atom. The molecule has 0 spiro atoms. The summed E-state index contributed by atoms with van der Waals surface area (Å²) in [5.74, 6) is -1.05. The average Bonchev–Trinajstić information content (AvgIpc) is 2.95. The summed E-state index contributed by atoms with van der Waals surface area (Å²) in [7, 11) is 0. The number of guanidine groups is 1. The van der Waals surface area contributed by atoms with Gasteiger partial charge in [0, 0.05) is 0 Å². The van der Waals surface area contributed by atoms with Gasteiger partial charge in [0.25, 0.3) is 5.91 Å². The number of nitrogens with two attached hydrogens (primary N) is 2. The standard InChI is InChI=1S/C14H13F3N4O3/c15-14(16,17)24-10-4-2-1-3-9(10)21-13(19)20-7-8-5-6-11(23-8)12(18)22/h1-6H,7H2,(H2,18,22)(H3,19,20,21). The number of amides is 1. The van der Waals surface area contributed by atoms with E-state index in [2.05, 4.69) is 15.0 Å². The third-order valence-electron chi connectivity index (χ3n) is 2.69. The number of para-hydroxylation sites is 2. The van der Waals surface area contributed by atoms with Gasteiger partial charge in [-0.2, -0.15) is 0 Å². The number of hydrogen-bond acceptors (Lipinski definition) is 4. The lowest BCUT2D eigenvalue weighted by atomic mass is 10.3. The lowest BCUT2D eigenvalue weighted by molar-refractivity contribution is -0.274. The van der Waals surface area contributed by atoms with Gasteiger partial charge in [0.15, 0.2) is 17.5 Å². The van der Waals surface area contributed by atoms with Gasteiger partial charge in [0.1, 0.15) is 12.3 Å². The largest absolute Gasteiger partial charge is 0.573 e. The summed E-state index contributed by atoms with van der Waals surface area (Å²) in [5.41, 5.74) is 10.7. The number of carbonyl (C=O) groups is 1. The Labute approximate surface area is 134 Å². The van der Waals surface area contributed by atoms with Crippen LogP contribution >= 0.6 is 0 Å². The molecule has 128 valence electrons. The van der Waals surface area contributed by atoms with E-state index in [1.165, 1.54) is 30.3 Å². The van der Waals surface area contributed by atoms with Crippen LogP contribution in [0.25, 0.3) is 0 Å². The molecule has 0 fully saturated rings. The molecule has 0 atom stereocenters. The Balaban J connectivity index is 2.06. The van der Waals surface area contributed by atoms with Crippen LogP contribution < -0.4 is 21.5 Å². The zero-order chi connectivity index (χ0) is 17.7. The number of anilines is 1. The Hall–Kier alpha value is -3.17. The van der Waals surface area contributed by atoms with Crippen LogP contribution in [0.1, 0.15) is 16.3 Å². The van der Waals surface area contributed by atoms with Crippen molar-refractivity contribution in [1.29, 1.82) is 0 Å². The third kappa shape index (κ3) is 4.93. The van der Waals surface area contributed by atoms with Crippen LogP contribution in [0.15, 0.2) is 45.8 Å². The highest BCUT2D eigenvalue weighted by Gasteiger charge is 2.32. The normalized spacial score (nSPS) is 12.0. The number of nitrogens with zero attached hydrogens (tertiary/aromatic N) is 1. The second-order valence-electron chi connectivity index (χ2n) is 4.50. The highest BCUT2D eigenvalue weighted by atomic mass is 19.4. The number of halogens is 3. The molecule has 2 aromatic rings. The molecule has 1 amide bonds. The molecule has 24 heavy (non-hydrogen) atoms. The maximum absolute atomic E-state index is 12.3. The first-order chi connectivity index (χ1) is 11.2. The maximum atomic E-state index is 12.3. The predicted molar refractivity (Wildman–Crippen MR) is 79.3 cm³/mol. The predicted octanol–water partition coefficient (Wildman–Crippen LogP) is 2.20. The fourth-order valence-corrected chi connectivity index (χ4v) is 1.72. The SMILES string of the molecule is NC(=O)c1ccc(CN=C(N)Nc2ccccc2OC(F)(F)F)o1. The van der Waals surface area contributed by atoms with Crippen molar-refractivity contribution in [2.45, 2.75) is 12.9 Å². The summed E-state index contributed by atoms with van der Waals surface area (Å²) in [6.45, 7) is -0.0333. The highest BCUT2D eigenvalue weighted by Crippen LogP contribution is 2.29. The minimum Gasteiger partial charge on any atom is -0.454 e. The lowest BCUT2D eigenvalue weighted by Crippen LogP contribution is -2.24. The number of alkyl halides is 3. The molecule has 0 aliphatic heterocycles. The third-order valence-corrected chi connectivity index (χ3v) is 2.69. The first-order valence-electron chi connectivity index (χ1n) is 6.55. The number of furan rings is 1. The molecule has 0 saturated heterocycles. The zero-order valence-electron chi connectivity index (χ0n) is 12.1. The lowest BCUT2D eigenvalue weighted by Gasteiger charge is -2.13. The van der Waals surface area contributed by atoms with Gasteiger partial charge < -0.3 is 25.9 Å². The Bertz CT molecular complexity index is 756. The molecule has 0 aliphatic carbocycles. The van der Waals surface area contributed by atoms with E-state index in [4.69, 9.17) is 15.9 Å². The Morgan fingerprint density at radius 2 is 1.92 bits per heavy atom. The molecule has 0 aliphatic rings. The molecule has 2 rings (SSSR count). The molecule has 0 saturated carbocycles. The summed E-state index contributed by atoms with van der Waals surface area (Å²) in [4.78, 5) is 14.8. The second kappa shape index (κ2) is 6.94. The Morgan fingerprint density at radius 3 is 2.54 bits per heavy atom. The summed E-state index contributed by atoms with van der Waals surface area (Å²) >= 11 is 0. The van der Waals surface area contributed by atoms with E-state index in [0.29, 0.717) is 5.76 Å². The molecule has 0 radical (unpaired) electrons. The fraction of sp³-hybridized carbons (Fsp3) is 0.143. The van der Waals surface area contributed by atoms with Crippen molar-refractivity contribution >= 4 is 17.6 Å². The van der Waals surface area contributed by atoms with Crippen LogP contribution in [0.5, 0.6) is 5.75 Å². The van der Waals surface area contributed by atoms with Crippen molar-refractivity contribution < 1.29 is 27.1 Å². The van der Waals surface area contributed by atoms with Gasteiger partial charge in [-0.1, -0.05) is 12.1 Å². The number of aliphatic imine (C=N–C) groups is 1. The summed E-state index contributed by atoms with van der Waals surface area (Å²) in [6.07, 6.45) is -4.83. The van der Waals surface area contributed by atoms with Crippen LogP contribution in [0.2, 0.25) is 0 Å². The van der Waals surface area contributed by atoms with E-state index >= 15 is 0 Å². The molecule has 1 heterocycles. The van der Waals surface area contributed by atoms with Gasteiger partial charge in [-0.25, -0.2) is 4.99 Å². The Kier molecular flexibility index (Phi) is 4.97. The molecule has 1 aromatic heterocycles. The number of rotatable bonds is 5. The molecule has 0 bridgehead atoms. The van der Waals surface area contributed by atoms with Crippen molar-refractivity contribution in [3.05, 3.63) is 47.9 Å². The minimum absolute atomic E-state index is 0.00616. The van der Waals surface area contributed by atoms with E-state index in [1.54, 1.807) is 0 Å². The van der Waals surface area contributed by atoms with Crippen LogP contribution in [-0.2, 0) is 6.54 Å². The van der Waals surface area contributed by atoms with Gasteiger partial charge in [-0.3, -0.25) is 4.79 Å². The van der Waals surface area contributed by atoms with Crippen molar-refractivity contribution in [3.63, 3.8) is 0 Å². The maximum Gasteiger partial charge on any atom is 0.573 e. The highest BCUT2D eigenvalue weighted by molar-refractivity contribution is 5.93. The summed E-state index contributed by atoms with van der Waals surface area (Å²) < 4.78 is 46.0. The number of primary amides is 1. The molecule has 0 unspecified atom stereocenters. The molecule has 7 nitrogen and oxygen atoms in total. The summed E-state index contributed by atoms with van der Waals surface area (Å²) in [5, 5.41) is 2.50. The van der Waals surface area contributed by atoms with Gasteiger partial charge >= 0.3 is 6.36 Å². The van der Waals surface area contributed by atoms with Crippen LogP contribution in [0.3, 0.4) is 0 Å². The average molecular weight is 342 g/mol. The number of hydrogen-bond donors (Lipinski definition) is 3. The molecule has 5 N–H and O–H groups in total. The second-order valence-corrected chi connectivity index (χ2v) is 4.50. The number of ether oxygens (including phenoxy) is 1. The van der Waals surface area contributed by atoms with E-state index in [0.717, 1.165) is 6.07 Å². The van der Waals surface area contributed by atoms with Crippen LogP contribution in [0, 0.1) is 0 Å². The quantitative estimate of drug-likeness (QED) is 0.569. The van der Waals surface area contributed by atoms with E-state index in [1.807, 2.05) is 0 Å². The van der Waals surface area contributed by atoms with Crippen LogP contribution in [0.4, 0.5) is 18.9 Å². The van der Waals surface area contributed by atoms with E-state index < -0.39 is 18.0 Å². The number of carbonyl (C=O) groups excluding carboxylic acids is 1. The van der Waals surface area contributed by atoms with E-state index in [-0.39, 0.29) is 24.0 Å². The number of nitrogens with one attached hydrogen (secondary N) is 1. The van der Waals surface area contributed by atoms with Crippen LogP contribution in [-0.4, -0.2) is 18.2 Å². The van der Waals surface area contributed by atoms with E-state index in [9.17, 15) is 18.0 Å². The van der Waals surface area contributed by atoms with Crippen molar-refractivity contribution in [1.82, 2.24) is 0 Å². The van der Waals surface area contributed by atoms with Gasteiger partial charge in [0.2, 0.25) is 0 Å². The topological polar surface area (TPSA) is 116 Å². The first kappa shape index (κ1) is 17.2. The molecular formula is C14H13F3N4O3. The van der Waals surface area contributed by atoms with Gasteiger partial charge in [0.05, 0.1) is 5.69 Å². The molecular weight excluding hydrogens is 329 g/mol. The zero-order valence-corrected chi connectivity index (χ0v) is 12.1. The van der Waals surface area contributed by atoms with Gasteiger partial charge in [-0.15, -0.1) is 13.2 Å². The van der Waals surface area contributed by atoms with Crippen molar-refractivity contribution in [2.75, 3.05) is 5.32 Å². The smallest absolute Gasteiger partial charge is 0.454 e. The first-order valence-corrected chi connectivity index (χ1v) is 6.55. The minimum atomic E-state index is -4.83. The molecule has 1 aromatic carbocycles. The summed E-state index contributed by atoms with van der Waals surface area (Å²) in [6, 6.07) is 8.23. The number of benzene rings is 1.